The second-order valence-corrected chi connectivity index (χ2v) is 6.68. The summed E-state index contributed by atoms with van der Waals surface area (Å²) in [6, 6.07) is 0.344. The van der Waals surface area contributed by atoms with Gasteiger partial charge in [-0.1, -0.05) is 39.5 Å². The van der Waals surface area contributed by atoms with Crippen molar-refractivity contribution in [2.75, 3.05) is 0 Å². The Morgan fingerprint density at radius 1 is 0.700 bits per heavy atom. The van der Waals surface area contributed by atoms with Crippen LogP contribution in [0.3, 0.4) is 0 Å². The monoisotopic (exact) mass is 280 g/mol. The Balaban J connectivity index is 1.80. The summed E-state index contributed by atoms with van der Waals surface area (Å²) in [6.45, 7) is 4.32. The first-order valence-corrected chi connectivity index (χ1v) is 8.19. The van der Waals surface area contributed by atoms with Crippen LogP contribution in [-0.4, -0.2) is 23.9 Å². The summed E-state index contributed by atoms with van der Waals surface area (Å²) in [6.07, 6.45) is 9.06. The van der Waals surface area contributed by atoms with Crippen LogP contribution in [0.5, 0.6) is 0 Å². The summed E-state index contributed by atoms with van der Waals surface area (Å²) >= 11 is 0. The summed E-state index contributed by atoms with van der Waals surface area (Å²) in [4.78, 5) is 24.0. The Hall–Kier alpha value is -1.06. The van der Waals surface area contributed by atoms with Crippen molar-refractivity contribution in [3.8, 4) is 0 Å². The molecule has 2 aliphatic carbocycles. The molecule has 2 aliphatic rings. The third-order valence-electron chi connectivity index (χ3n) is 5.06. The van der Waals surface area contributed by atoms with Crippen molar-refractivity contribution in [1.82, 2.24) is 10.6 Å². The van der Waals surface area contributed by atoms with Crippen LogP contribution in [-0.2, 0) is 9.59 Å². The quantitative estimate of drug-likeness (QED) is 0.763. The van der Waals surface area contributed by atoms with Gasteiger partial charge < -0.3 is 10.6 Å². The van der Waals surface area contributed by atoms with Gasteiger partial charge in [0, 0.05) is 12.1 Å². The number of carbonyl (C=O) groups is 2. The van der Waals surface area contributed by atoms with E-state index in [1.54, 1.807) is 0 Å². The Bertz CT molecular complexity index is 322. The lowest BCUT2D eigenvalue weighted by Gasteiger charge is -2.31. The lowest BCUT2D eigenvalue weighted by atomic mass is 9.85. The van der Waals surface area contributed by atoms with E-state index in [0.717, 1.165) is 38.5 Å². The van der Waals surface area contributed by atoms with Crippen LogP contribution in [0.25, 0.3) is 0 Å². The van der Waals surface area contributed by atoms with Gasteiger partial charge in [0.1, 0.15) is 0 Å². The Labute approximate surface area is 122 Å². The second kappa shape index (κ2) is 7.09. The molecule has 20 heavy (non-hydrogen) atoms. The fourth-order valence-electron chi connectivity index (χ4n) is 3.53. The second-order valence-electron chi connectivity index (χ2n) is 6.68. The van der Waals surface area contributed by atoms with Crippen molar-refractivity contribution in [3.05, 3.63) is 0 Å². The van der Waals surface area contributed by atoms with Crippen LogP contribution in [0.15, 0.2) is 0 Å². The Morgan fingerprint density at radius 3 is 1.40 bits per heavy atom. The molecule has 2 rings (SSSR count). The average Bonchev–Trinajstić information content (AvgIpc) is 2.43. The fourth-order valence-corrected chi connectivity index (χ4v) is 3.53. The largest absolute Gasteiger partial charge is 0.345 e. The summed E-state index contributed by atoms with van der Waals surface area (Å²) in [5.74, 6) is 0.0752. The zero-order chi connectivity index (χ0) is 14.5. The van der Waals surface area contributed by atoms with Crippen molar-refractivity contribution >= 4 is 11.8 Å². The summed E-state index contributed by atoms with van der Waals surface area (Å²) < 4.78 is 0. The highest BCUT2D eigenvalue weighted by atomic mass is 16.2. The van der Waals surface area contributed by atoms with Crippen molar-refractivity contribution in [3.63, 3.8) is 0 Å². The number of carbonyl (C=O) groups excluding carboxylic acids is 2. The lowest BCUT2D eigenvalue weighted by molar-refractivity contribution is -0.140. The van der Waals surface area contributed by atoms with Crippen LogP contribution in [0.4, 0.5) is 0 Å². The SMILES string of the molecule is C[C@@H]1CCCC[C@@H]1NC(=O)C(=O)N[C@@H]1CCCC[C@@H]1C. The predicted molar refractivity (Wildman–Crippen MR) is 79.1 cm³/mol. The maximum Gasteiger partial charge on any atom is 0.309 e. The third-order valence-corrected chi connectivity index (χ3v) is 5.06. The number of hydrogen-bond acceptors (Lipinski definition) is 2. The van der Waals surface area contributed by atoms with E-state index in [4.69, 9.17) is 0 Å². The van der Waals surface area contributed by atoms with E-state index in [0.29, 0.717) is 11.8 Å². The van der Waals surface area contributed by atoms with Crippen LogP contribution >= 0.6 is 0 Å². The molecule has 4 atom stereocenters. The van der Waals surface area contributed by atoms with Gasteiger partial charge in [-0.05, 0) is 37.5 Å². The minimum atomic E-state index is -0.443. The minimum Gasteiger partial charge on any atom is -0.345 e. The molecule has 0 aromatic carbocycles. The van der Waals surface area contributed by atoms with Crippen molar-refractivity contribution < 1.29 is 9.59 Å². The highest BCUT2D eigenvalue weighted by Crippen LogP contribution is 2.24. The molecule has 0 aromatic rings. The van der Waals surface area contributed by atoms with Gasteiger partial charge in [-0.3, -0.25) is 9.59 Å². The number of rotatable bonds is 2. The van der Waals surface area contributed by atoms with Crippen LogP contribution < -0.4 is 10.6 Å². The fraction of sp³-hybridized carbons (Fsp3) is 0.875. The third kappa shape index (κ3) is 3.97. The van der Waals surface area contributed by atoms with Crippen molar-refractivity contribution in [2.45, 2.75) is 77.3 Å². The van der Waals surface area contributed by atoms with Gasteiger partial charge in [-0.2, -0.15) is 0 Å². The molecule has 0 saturated heterocycles. The summed E-state index contributed by atoms with van der Waals surface area (Å²) in [5.41, 5.74) is 0. The molecule has 2 amide bonds. The Morgan fingerprint density at radius 2 is 1.05 bits per heavy atom. The molecule has 0 spiro atoms. The van der Waals surface area contributed by atoms with Gasteiger partial charge in [-0.25, -0.2) is 0 Å². The topological polar surface area (TPSA) is 58.2 Å². The molecule has 2 fully saturated rings. The van der Waals surface area contributed by atoms with Gasteiger partial charge in [0.2, 0.25) is 0 Å². The minimum absolute atomic E-state index is 0.172. The molecule has 0 radical (unpaired) electrons. The maximum absolute atomic E-state index is 12.0. The molecule has 4 nitrogen and oxygen atoms in total. The van der Waals surface area contributed by atoms with E-state index in [-0.39, 0.29) is 12.1 Å². The lowest BCUT2D eigenvalue weighted by Crippen LogP contribution is -2.51. The van der Waals surface area contributed by atoms with E-state index >= 15 is 0 Å². The smallest absolute Gasteiger partial charge is 0.309 e. The zero-order valence-electron chi connectivity index (χ0n) is 12.8. The first-order chi connectivity index (χ1) is 9.58. The van der Waals surface area contributed by atoms with Crippen LogP contribution in [0.2, 0.25) is 0 Å². The van der Waals surface area contributed by atoms with Crippen LogP contribution in [0, 0.1) is 11.8 Å². The zero-order valence-corrected chi connectivity index (χ0v) is 12.8. The standard InChI is InChI=1S/C16H28N2O2/c1-11-7-3-5-9-13(11)17-15(19)16(20)18-14-10-6-4-8-12(14)2/h11-14H,3-10H2,1-2H3,(H,17,19)(H,18,20)/t11-,12+,13+,14-. The van der Waals surface area contributed by atoms with Gasteiger partial charge >= 0.3 is 11.8 Å². The Kier molecular flexibility index (Phi) is 5.44. The van der Waals surface area contributed by atoms with E-state index in [1.807, 2.05) is 0 Å². The molecule has 2 saturated carbocycles. The van der Waals surface area contributed by atoms with Crippen LogP contribution in [0.1, 0.15) is 65.2 Å². The van der Waals surface area contributed by atoms with Gasteiger partial charge in [0.05, 0.1) is 0 Å². The maximum atomic E-state index is 12.0. The number of hydrogen-bond donors (Lipinski definition) is 2. The molecule has 0 aromatic heterocycles. The molecular weight excluding hydrogens is 252 g/mol. The van der Waals surface area contributed by atoms with E-state index in [2.05, 4.69) is 24.5 Å². The molecular formula is C16H28N2O2. The van der Waals surface area contributed by atoms with Gasteiger partial charge in [-0.15, -0.1) is 0 Å². The van der Waals surface area contributed by atoms with E-state index in [9.17, 15) is 9.59 Å². The molecule has 114 valence electrons. The number of amides is 2. The highest BCUT2D eigenvalue weighted by Gasteiger charge is 2.28. The van der Waals surface area contributed by atoms with Gasteiger partial charge in [0.15, 0.2) is 0 Å². The molecule has 0 unspecified atom stereocenters. The van der Waals surface area contributed by atoms with Crippen molar-refractivity contribution in [2.24, 2.45) is 11.8 Å². The van der Waals surface area contributed by atoms with E-state index in [1.165, 1.54) is 12.8 Å². The number of nitrogens with one attached hydrogen (secondary N) is 2. The average molecular weight is 280 g/mol. The molecule has 0 bridgehead atoms. The molecule has 0 aliphatic heterocycles. The van der Waals surface area contributed by atoms with Crippen molar-refractivity contribution in [1.29, 1.82) is 0 Å². The summed E-state index contributed by atoms with van der Waals surface area (Å²) in [7, 11) is 0. The molecule has 2 N–H and O–H groups in total. The van der Waals surface area contributed by atoms with E-state index < -0.39 is 11.8 Å². The normalized spacial score (nSPS) is 34.3. The van der Waals surface area contributed by atoms with Gasteiger partial charge in [0.25, 0.3) is 0 Å². The summed E-state index contributed by atoms with van der Waals surface area (Å²) in [5, 5.41) is 5.84. The first kappa shape index (κ1) is 15.3. The molecule has 4 heteroatoms. The molecule has 0 heterocycles. The highest BCUT2D eigenvalue weighted by molar-refractivity contribution is 6.35. The predicted octanol–water partition coefficient (Wildman–Crippen LogP) is 2.38. The first-order valence-electron chi connectivity index (χ1n) is 8.19.